The molecular weight excluding hydrogens is 474 g/mol. The fourth-order valence-electron chi connectivity index (χ4n) is 4.85. The molecule has 4 rings (SSSR count). The number of nitrogens with one attached hydrogen (secondary N) is 1. The number of ether oxygens (including phenoxy) is 1. The molecule has 1 aromatic heterocycles. The third-order valence-corrected chi connectivity index (χ3v) is 6.88. The molecule has 198 valence electrons. The molecule has 2 aliphatic rings. The number of carbonyl (C=O) groups is 4. The molecule has 0 bridgehead atoms. The number of benzene rings is 1. The molecule has 0 spiro atoms. The smallest absolute Gasteiger partial charge is 0.310 e. The van der Waals surface area contributed by atoms with Gasteiger partial charge in [-0.15, -0.1) is 0 Å². The van der Waals surface area contributed by atoms with E-state index in [9.17, 15) is 19.2 Å². The van der Waals surface area contributed by atoms with Crippen molar-refractivity contribution >= 4 is 23.7 Å². The van der Waals surface area contributed by atoms with Crippen LogP contribution in [0.5, 0.6) is 0 Å². The summed E-state index contributed by atoms with van der Waals surface area (Å²) in [6.45, 7) is 8.11. The molecule has 3 heterocycles. The zero-order valence-corrected chi connectivity index (χ0v) is 21.7. The van der Waals surface area contributed by atoms with Crippen molar-refractivity contribution in [2.45, 2.75) is 59.2 Å². The Morgan fingerprint density at radius 3 is 2.62 bits per heavy atom. The molecule has 10 nitrogen and oxygen atoms in total. The van der Waals surface area contributed by atoms with Gasteiger partial charge in [-0.05, 0) is 45.6 Å². The summed E-state index contributed by atoms with van der Waals surface area (Å²) < 4.78 is 6.68. The Balaban J connectivity index is 1.39. The highest BCUT2D eigenvalue weighted by atomic mass is 16.5. The molecule has 37 heavy (non-hydrogen) atoms. The van der Waals surface area contributed by atoms with Gasteiger partial charge in [0.2, 0.25) is 5.91 Å². The highest BCUT2D eigenvalue weighted by Crippen LogP contribution is 2.20. The Kier molecular flexibility index (Phi) is 8.25. The summed E-state index contributed by atoms with van der Waals surface area (Å²) in [4.78, 5) is 54.7. The van der Waals surface area contributed by atoms with E-state index in [1.165, 1.54) is 6.07 Å². The highest BCUT2D eigenvalue weighted by molar-refractivity contribution is 5.99. The van der Waals surface area contributed by atoms with Crippen molar-refractivity contribution in [2.75, 3.05) is 26.2 Å². The van der Waals surface area contributed by atoms with Crippen LogP contribution in [0.25, 0.3) is 0 Å². The minimum Gasteiger partial charge on any atom is -0.466 e. The molecule has 0 radical (unpaired) electrons. The second-order valence-corrected chi connectivity index (χ2v) is 9.77. The van der Waals surface area contributed by atoms with Crippen molar-refractivity contribution in [3.05, 3.63) is 52.8 Å². The first-order chi connectivity index (χ1) is 17.8. The number of fused-ring (bicyclic) bond motifs is 1. The standard InChI is InChI=1S/C27H35N5O5/c1-4-37-27(36)21-7-5-12-31(17-21)25(34)19(3)28-24(33)22-15-23-26(35)30(13-6-14-32(23)29-22)16-20-10-8-18(2)9-11-20/h8-11,15,19,21H,4-7,12-14,16-17H2,1-3H3,(H,28,33). The van der Waals surface area contributed by atoms with Gasteiger partial charge in [0.15, 0.2) is 5.69 Å². The van der Waals surface area contributed by atoms with Gasteiger partial charge in [0, 0.05) is 38.8 Å². The predicted octanol–water partition coefficient (Wildman–Crippen LogP) is 2.16. The Morgan fingerprint density at radius 1 is 1.14 bits per heavy atom. The molecule has 2 atom stereocenters. The van der Waals surface area contributed by atoms with Gasteiger partial charge in [-0.2, -0.15) is 5.10 Å². The Bertz CT molecular complexity index is 1160. The lowest BCUT2D eigenvalue weighted by atomic mass is 9.97. The molecule has 1 saturated heterocycles. The van der Waals surface area contributed by atoms with E-state index in [4.69, 9.17) is 4.74 Å². The molecule has 1 aromatic carbocycles. The molecule has 0 aliphatic carbocycles. The van der Waals surface area contributed by atoms with Crippen LogP contribution in [0.2, 0.25) is 0 Å². The van der Waals surface area contributed by atoms with Crippen molar-refractivity contribution in [3.63, 3.8) is 0 Å². The summed E-state index contributed by atoms with van der Waals surface area (Å²) in [7, 11) is 0. The Hall–Kier alpha value is -3.69. The maximum atomic E-state index is 13.2. The average molecular weight is 510 g/mol. The van der Waals surface area contributed by atoms with Crippen LogP contribution < -0.4 is 5.32 Å². The largest absolute Gasteiger partial charge is 0.466 e. The number of likely N-dealkylation sites (tertiary alicyclic amines) is 1. The van der Waals surface area contributed by atoms with E-state index in [0.717, 1.165) is 17.5 Å². The van der Waals surface area contributed by atoms with Crippen LogP contribution in [0.4, 0.5) is 0 Å². The van der Waals surface area contributed by atoms with Crippen LogP contribution in [0.15, 0.2) is 30.3 Å². The number of esters is 1. The summed E-state index contributed by atoms with van der Waals surface area (Å²) >= 11 is 0. The lowest BCUT2D eigenvalue weighted by molar-refractivity contribution is -0.151. The number of nitrogens with zero attached hydrogens (tertiary/aromatic N) is 4. The molecule has 0 saturated carbocycles. The molecule has 2 aliphatic heterocycles. The van der Waals surface area contributed by atoms with Crippen molar-refractivity contribution < 1.29 is 23.9 Å². The fourth-order valence-corrected chi connectivity index (χ4v) is 4.85. The van der Waals surface area contributed by atoms with Crippen LogP contribution in [0, 0.1) is 12.8 Å². The number of aromatic nitrogens is 2. The molecule has 1 fully saturated rings. The van der Waals surface area contributed by atoms with Crippen molar-refractivity contribution in [3.8, 4) is 0 Å². The van der Waals surface area contributed by atoms with Gasteiger partial charge in [-0.1, -0.05) is 29.8 Å². The van der Waals surface area contributed by atoms with Gasteiger partial charge >= 0.3 is 5.97 Å². The zero-order chi connectivity index (χ0) is 26.5. The third-order valence-electron chi connectivity index (χ3n) is 6.88. The van der Waals surface area contributed by atoms with Crippen LogP contribution in [-0.4, -0.2) is 75.6 Å². The second kappa shape index (κ2) is 11.6. The minimum atomic E-state index is -0.802. The molecule has 2 aromatic rings. The first kappa shape index (κ1) is 26.4. The van der Waals surface area contributed by atoms with Gasteiger partial charge in [-0.3, -0.25) is 23.9 Å². The van der Waals surface area contributed by atoms with E-state index in [0.29, 0.717) is 51.3 Å². The first-order valence-electron chi connectivity index (χ1n) is 13.0. The number of hydrogen-bond donors (Lipinski definition) is 1. The van der Waals surface area contributed by atoms with Crippen LogP contribution >= 0.6 is 0 Å². The SMILES string of the molecule is CCOC(=O)C1CCCN(C(=O)C(C)NC(=O)c2cc3n(n2)CCCN(Cc2ccc(C)cc2)C3=O)C1. The number of hydrogen-bond acceptors (Lipinski definition) is 6. The van der Waals surface area contributed by atoms with E-state index in [2.05, 4.69) is 10.4 Å². The number of rotatable bonds is 7. The summed E-state index contributed by atoms with van der Waals surface area (Å²) in [5, 5.41) is 7.08. The summed E-state index contributed by atoms with van der Waals surface area (Å²) in [5.41, 5.74) is 2.66. The van der Waals surface area contributed by atoms with Crippen LogP contribution in [-0.2, 0) is 27.4 Å². The third kappa shape index (κ3) is 6.18. The summed E-state index contributed by atoms with van der Waals surface area (Å²) in [5.74, 6) is -1.59. The topological polar surface area (TPSA) is 114 Å². The number of amides is 3. The van der Waals surface area contributed by atoms with E-state index in [1.54, 1.807) is 28.3 Å². The fraction of sp³-hybridized carbons (Fsp3) is 0.519. The lowest BCUT2D eigenvalue weighted by Gasteiger charge is -2.33. The molecule has 10 heteroatoms. The van der Waals surface area contributed by atoms with E-state index in [1.807, 2.05) is 31.2 Å². The lowest BCUT2D eigenvalue weighted by Crippen LogP contribution is -2.51. The quantitative estimate of drug-likeness (QED) is 0.572. The average Bonchev–Trinajstić information content (AvgIpc) is 3.27. The van der Waals surface area contributed by atoms with Gasteiger partial charge < -0.3 is 19.9 Å². The van der Waals surface area contributed by atoms with Crippen molar-refractivity contribution in [2.24, 2.45) is 5.92 Å². The van der Waals surface area contributed by atoms with Gasteiger partial charge in [-0.25, -0.2) is 0 Å². The number of aryl methyl sites for hydroxylation is 2. The number of carbonyl (C=O) groups excluding carboxylic acids is 4. The summed E-state index contributed by atoms with van der Waals surface area (Å²) in [6.07, 6.45) is 2.10. The first-order valence-corrected chi connectivity index (χ1v) is 13.0. The zero-order valence-electron chi connectivity index (χ0n) is 21.7. The van der Waals surface area contributed by atoms with Crippen LogP contribution in [0.1, 0.15) is 65.2 Å². The van der Waals surface area contributed by atoms with Gasteiger partial charge in [0.25, 0.3) is 11.8 Å². The Labute approximate surface area is 216 Å². The monoisotopic (exact) mass is 509 g/mol. The maximum absolute atomic E-state index is 13.2. The summed E-state index contributed by atoms with van der Waals surface area (Å²) in [6, 6.07) is 8.77. The normalized spacial score (nSPS) is 18.6. The van der Waals surface area contributed by atoms with E-state index in [-0.39, 0.29) is 35.9 Å². The number of piperidine rings is 1. The minimum absolute atomic E-state index is 0.100. The van der Waals surface area contributed by atoms with Crippen LogP contribution in [0.3, 0.4) is 0 Å². The second-order valence-electron chi connectivity index (χ2n) is 9.77. The van der Waals surface area contributed by atoms with E-state index >= 15 is 0 Å². The predicted molar refractivity (Wildman–Crippen MR) is 136 cm³/mol. The molecule has 1 N–H and O–H groups in total. The van der Waals surface area contributed by atoms with Crippen molar-refractivity contribution in [1.82, 2.24) is 24.9 Å². The molecule has 3 amide bonds. The van der Waals surface area contributed by atoms with E-state index < -0.39 is 11.9 Å². The molecular formula is C27H35N5O5. The maximum Gasteiger partial charge on any atom is 0.310 e. The van der Waals surface area contributed by atoms with Gasteiger partial charge in [0.05, 0.1) is 12.5 Å². The van der Waals surface area contributed by atoms with Crippen molar-refractivity contribution in [1.29, 1.82) is 0 Å². The Morgan fingerprint density at radius 2 is 1.89 bits per heavy atom. The molecule has 2 unspecified atom stereocenters. The van der Waals surface area contributed by atoms with Gasteiger partial charge in [0.1, 0.15) is 11.7 Å². The highest BCUT2D eigenvalue weighted by Gasteiger charge is 2.32.